The molecule has 1 aromatic rings. The van der Waals surface area contributed by atoms with Gasteiger partial charge in [0.05, 0.1) is 12.5 Å². The summed E-state index contributed by atoms with van der Waals surface area (Å²) in [5.41, 5.74) is 2.94. The smallest absolute Gasteiger partial charge is 0.309 e. The summed E-state index contributed by atoms with van der Waals surface area (Å²) in [7, 11) is 1.83. The van der Waals surface area contributed by atoms with Gasteiger partial charge >= 0.3 is 5.97 Å². The molecule has 162 valence electrons. The highest BCUT2D eigenvalue weighted by molar-refractivity contribution is 14.0. The van der Waals surface area contributed by atoms with Crippen molar-refractivity contribution < 1.29 is 9.53 Å². The molecule has 1 saturated heterocycles. The fourth-order valence-corrected chi connectivity index (χ4v) is 4.18. The number of guanidine groups is 1. The summed E-state index contributed by atoms with van der Waals surface area (Å²) < 4.78 is 5.17. The molecule has 0 saturated carbocycles. The summed E-state index contributed by atoms with van der Waals surface area (Å²) >= 11 is 0. The van der Waals surface area contributed by atoms with Crippen LogP contribution in [0.5, 0.6) is 0 Å². The first-order valence-electron chi connectivity index (χ1n) is 10.6. The van der Waals surface area contributed by atoms with E-state index < -0.39 is 0 Å². The molecule has 1 unspecified atom stereocenters. The highest BCUT2D eigenvalue weighted by Crippen LogP contribution is 2.21. The van der Waals surface area contributed by atoms with Crippen molar-refractivity contribution in [3.63, 3.8) is 0 Å². The molecule has 29 heavy (non-hydrogen) atoms. The monoisotopic (exact) mass is 514 g/mol. The largest absolute Gasteiger partial charge is 0.466 e. The van der Waals surface area contributed by atoms with E-state index in [9.17, 15) is 4.79 Å². The van der Waals surface area contributed by atoms with Crippen LogP contribution in [0.4, 0.5) is 0 Å². The van der Waals surface area contributed by atoms with Gasteiger partial charge in [0.25, 0.3) is 0 Å². The van der Waals surface area contributed by atoms with Gasteiger partial charge in [-0.25, -0.2) is 0 Å². The second-order valence-corrected chi connectivity index (χ2v) is 7.78. The predicted molar refractivity (Wildman–Crippen MR) is 128 cm³/mol. The van der Waals surface area contributed by atoms with Crippen molar-refractivity contribution in [2.75, 3.05) is 39.8 Å². The van der Waals surface area contributed by atoms with Crippen LogP contribution in [-0.4, -0.2) is 67.6 Å². The number of rotatable bonds is 5. The lowest BCUT2D eigenvalue weighted by atomic mass is 9.97. The van der Waals surface area contributed by atoms with E-state index in [1.54, 1.807) is 0 Å². The van der Waals surface area contributed by atoms with Crippen LogP contribution in [0.15, 0.2) is 29.3 Å². The number of piperidine rings is 1. The Morgan fingerprint density at radius 1 is 1.24 bits per heavy atom. The number of hydrogen-bond donors (Lipinski definition) is 1. The molecule has 2 heterocycles. The van der Waals surface area contributed by atoms with Crippen molar-refractivity contribution in [1.82, 2.24) is 15.1 Å². The second-order valence-electron chi connectivity index (χ2n) is 7.78. The number of halogens is 1. The maximum atomic E-state index is 11.9. The molecule has 1 aromatic carbocycles. The average Bonchev–Trinajstić information content (AvgIpc) is 2.74. The second kappa shape index (κ2) is 11.7. The summed E-state index contributed by atoms with van der Waals surface area (Å²) in [5, 5.41) is 3.55. The Labute approximate surface area is 192 Å². The third-order valence-electron chi connectivity index (χ3n) is 5.97. The number of carbonyl (C=O) groups excluding carboxylic acids is 1. The third-order valence-corrected chi connectivity index (χ3v) is 5.97. The van der Waals surface area contributed by atoms with Gasteiger partial charge in [-0.15, -0.1) is 24.0 Å². The molecule has 0 spiro atoms. The van der Waals surface area contributed by atoms with E-state index in [0.29, 0.717) is 12.6 Å². The molecule has 0 bridgehead atoms. The van der Waals surface area contributed by atoms with Crippen molar-refractivity contribution in [3.05, 3.63) is 35.4 Å². The number of benzene rings is 1. The van der Waals surface area contributed by atoms with E-state index in [1.807, 2.05) is 14.0 Å². The lowest BCUT2D eigenvalue weighted by Gasteiger charge is -2.36. The lowest BCUT2D eigenvalue weighted by Crippen LogP contribution is -2.50. The van der Waals surface area contributed by atoms with Crippen molar-refractivity contribution in [2.24, 2.45) is 10.9 Å². The molecule has 0 radical (unpaired) electrons. The van der Waals surface area contributed by atoms with E-state index in [1.165, 1.54) is 11.1 Å². The van der Waals surface area contributed by atoms with Crippen LogP contribution in [0.3, 0.4) is 0 Å². The zero-order valence-corrected chi connectivity index (χ0v) is 20.2. The first-order chi connectivity index (χ1) is 13.6. The Morgan fingerprint density at radius 2 is 1.93 bits per heavy atom. The molecule has 7 heteroatoms. The number of nitrogens with zero attached hydrogens (tertiary/aromatic N) is 3. The molecular formula is C22H35IN4O2. The first-order valence-corrected chi connectivity index (χ1v) is 10.6. The number of hydrogen-bond acceptors (Lipinski definition) is 4. The number of esters is 1. The van der Waals surface area contributed by atoms with Gasteiger partial charge in [0.2, 0.25) is 0 Å². The average molecular weight is 514 g/mol. The van der Waals surface area contributed by atoms with E-state index in [4.69, 9.17) is 4.74 Å². The number of likely N-dealkylation sites (tertiary alicyclic amines) is 1. The van der Waals surface area contributed by atoms with Crippen LogP contribution >= 0.6 is 24.0 Å². The van der Waals surface area contributed by atoms with Gasteiger partial charge in [0.1, 0.15) is 0 Å². The number of nitrogens with one attached hydrogen (secondary N) is 1. The quantitative estimate of drug-likeness (QED) is 0.284. The van der Waals surface area contributed by atoms with Gasteiger partial charge in [-0.3, -0.25) is 14.7 Å². The summed E-state index contributed by atoms with van der Waals surface area (Å²) in [4.78, 5) is 21.2. The fourth-order valence-electron chi connectivity index (χ4n) is 4.18. The van der Waals surface area contributed by atoms with Crippen LogP contribution in [0.1, 0.15) is 37.8 Å². The van der Waals surface area contributed by atoms with Gasteiger partial charge in [-0.1, -0.05) is 24.3 Å². The van der Waals surface area contributed by atoms with Gasteiger partial charge in [0, 0.05) is 45.8 Å². The van der Waals surface area contributed by atoms with Gasteiger partial charge in [-0.05, 0) is 44.2 Å². The van der Waals surface area contributed by atoms with Crippen LogP contribution in [0.2, 0.25) is 0 Å². The lowest BCUT2D eigenvalue weighted by molar-refractivity contribution is -0.149. The summed E-state index contributed by atoms with van der Waals surface area (Å²) in [6.45, 7) is 9.27. The van der Waals surface area contributed by atoms with E-state index in [0.717, 1.165) is 57.9 Å². The van der Waals surface area contributed by atoms with Crippen molar-refractivity contribution in [2.45, 2.75) is 45.7 Å². The van der Waals surface area contributed by atoms with Crippen LogP contribution in [-0.2, 0) is 22.5 Å². The highest BCUT2D eigenvalue weighted by atomic mass is 127. The zero-order chi connectivity index (χ0) is 19.9. The van der Waals surface area contributed by atoms with Crippen molar-refractivity contribution >= 4 is 35.9 Å². The number of carbonyl (C=O) groups is 1. The summed E-state index contributed by atoms with van der Waals surface area (Å²) in [6, 6.07) is 9.19. The topological polar surface area (TPSA) is 57.2 Å². The minimum Gasteiger partial charge on any atom is -0.466 e. The van der Waals surface area contributed by atoms with Gasteiger partial charge in [0.15, 0.2) is 5.96 Å². The molecule has 6 nitrogen and oxygen atoms in total. The molecule has 2 aliphatic heterocycles. The maximum absolute atomic E-state index is 11.9. The molecular weight excluding hydrogens is 479 g/mol. The summed E-state index contributed by atoms with van der Waals surface area (Å²) in [5.74, 6) is 0.914. The van der Waals surface area contributed by atoms with Gasteiger partial charge in [-0.2, -0.15) is 0 Å². The van der Waals surface area contributed by atoms with Crippen molar-refractivity contribution in [3.8, 4) is 0 Å². The Kier molecular flexibility index (Phi) is 9.68. The number of ether oxygens (including phenoxy) is 1. The zero-order valence-electron chi connectivity index (χ0n) is 17.9. The maximum Gasteiger partial charge on any atom is 0.309 e. The van der Waals surface area contributed by atoms with Gasteiger partial charge < -0.3 is 15.0 Å². The normalized spacial score (nSPS) is 19.1. The molecule has 0 amide bonds. The van der Waals surface area contributed by atoms with E-state index >= 15 is 0 Å². The minimum absolute atomic E-state index is 0. The Hall–Kier alpha value is -1.35. The highest BCUT2D eigenvalue weighted by Gasteiger charge is 2.28. The Balaban J connectivity index is 0.00000300. The molecule has 1 N–H and O–H groups in total. The standard InChI is InChI=1S/C22H34N4O2.HI/c1-4-28-21(27)19-10-12-25(13-11-19)22(23-3)24-15-17(2)26-14-9-18-7-5-6-8-20(18)16-26;/h5-8,17,19H,4,9-16H2,1-3H3,(H,23,24);1H. The van der Waals surface area contributed by atoms with Crippen LogP contribution in [0, 0.1) is 5.92 Å². The first kappa shape index (κ1) is 23.9. The summed E-state index contributed by atoms with van der Waals surface area (Å²) in [6.07, 6.45) is 2.78. The Bertz CT molecular complexity index is 689. The molecule has 3 rings (SSSR count). The van der Waals surface area contributed by atoms with Crippen molar-refractivity contribution in [1.29, 1.82) is 0 Å². The minimum atomic E-state index is -0.0518. The Morgan fingerprint density at radius 3 is 2.59 bits per heavy atom. The molecule has 0 aliphatic carbocycles. The van der Waals surface area contributed by atoms with E-state index in [2.05, 4.69) is 51.3 Å². The molecule has 1 fully saturated rings. The SMILES string of the molecule is CCOC(=O)C1CCN(C(=NC)NCC(C)N2CCc3ccccc3C2)CC1.I. The number of aliphatic imine (C=N–C) groups is 1. The predicted octanol–water partition coefficient (Wildman–Crippen LogP) is 2.90. The van der Waals surface area contributed by atoms with E-state index in [-0.39, 0.29) is 35.9 Å². The fraction of sp³-hybridized carbons (Fsp3) is 0.636. The third kappa shape index (κ3) is 6.31. The molecule has 1 atom stereocenters. The van der Waals surface area contributed by atoms with Crippen LogP contribution in [0.25, 0.3) is 0 Å². The number of fused-ring (bicyclic) bond motifs is 1. The molecule has 2 aliphatic rings. The molecule has 0 aromatic heterocycles. The van der Waals surface area contributed by atoms with Crippen LogP contribution < -0.4 is 5.32 Å².